The average molecular weight is 276 g/mol. The second-order valence-electron chi connectivity index (χ2n) is 5.02. The van der Waals surface area contributed by atoms with Crippen molar-refractivity contribution in [2.75, 3.05) is 0 Å². The van der Waals surface area contributed by atoms with E-state index < -0.39 is 0 Å². The zero-order chi connectivity index (χ0) is 14.7. The Balaban J connectivity index is 1.78. The van der Waals surface area contributed by atoms with Gasteiger partial charge in [-0.05, 0) is 38.1 Å². The Morgan fingerprint density at radius 2 is 1.52 bits per heavy atom. The van der Waals surface area contributed by atoms with Gasteiger partial charge in [-0.2, -0.15) is 0 Å². The second kappa shape index (κ2) is 5.71. The van der Waals surface area contributed by atoms with Crippen LogP contribution in [-0.4, -0.2) is 21.2 Å². The zero-order valence-corrected chi connectivity index (χ0v) is 12.1. The van der Waals surface area contributed by atoms with E-state index in [-0.39, 0.29) is 0 Å². The van der Waals surface area contributed by atoms with Crippen LogP contribution < -0.4 is 0 Å². The Bertz CT molecular complexity index is 752. The normalized spacial score (nSPS) is 11.1. The van der Waals surface area contributed by atoms with Crippen LogP contribution in [0.25, 0.3) is 5.69 Å². The predicted octanol–water partition coefficient (Wildman–Crippen LogP) is 3.63. The SMILES string of the molecule is Cc1ccc(N=Cc2cn(-c3ccc(C)cc3)nn2)cc1. The molecule has 0 aliphatic carbocycles. The molecule has 4 nitrogen and oxygen atoms in total. The number of aromatic nitrogens is 3. The van der Waals surface area contributed by atoms with Crippen LogP contribution >= 0.6 is 0 Å². The molecule has 4 heteroatoms. The van der Waals surface area contributed by atoms with Crippen LogP contribution in [0.4, 0.5) is 5.69 Å². The van der Waals surface area contributed by atoms with Gasteiger partial charge in [0.1, 0.15) is 5.69 Å². The molecule has 3 rings (SSSR count). The molecule has 0 bridgehead atoms. The smallest absolute Gasteiger partial charge is 0.124 e. The molecular weight excluding hydrogens is 260 g/mol. The van der Waals surface area contributed by atoms with E-state index in [2.05, 4.69) is 41.3 Å². The van der Waals surface area contributed by atoms with Crippen molar-refractivity contribution in [2.45, 2.75) is 13.8 Å². The minimum Gasteiger partial charge on any atom is -0.255 e. The third-order valence-corrected chi connectivity index (χ3v) is 3.19. The lowest BCUT2D eigenvalue weighted by Gasteiger charge is -1.99. The number of nitrogens with zero attached hydrogens (tertiary/aromatic N) is 4. The number of rotatable bonds is 3. The van der Waals surface area contributed by atoms with Crippen LogP contribution in [0, 0.1) is 13.8 Å². The molecule has 2 aromatic carbocycles. The first kappa shape index (κ1) is 13.2. The van der Waals surface area contributed by atoms with Crippen LogP contribution in [-0.2, 0) is 0 Å². The zero-order valence-electron chi connectivity index (χ0n) is 12.1. The van der Waals surface area contributed by atoms with Crippen molar-refractivity contribution in [2.24, 2.45) is 4.99 Å². The van der Waals surface area contributed by atoms with Gasteiger partial charge in [-0.25, -0.2) is 4.68 Å². The molecule has 104 valence electrons. The van der Waals surface area contributed by atoms with Crippen molar-refractivity contribution in [3.63, 3.8) is 0 Å². The van der Waals surface area contributed by atoms with Crippen molar-refractivity contribution in [3.05, 3.63) is 71.5 Å². The summed E-state index contributed by atoms with van der Waals surface area (Å²) in [5, 5.41) is 8.23. The molecule has 0 aliphatic rings. The topological polar surface area (TPSA) is 43.1 Å². The van der Waals surface area contributed by atoms with Gasteiger partial charge in [-0.15, -0.1) is 5.10 Å². The summed E-state index contributed by atoms with van der Waals surface area (Å²) >= 11 is 0. The van der Waals surface area contributed by atoms with Gasteiger partial charge in [0, 0.05) is 0 Å². The van der Waals surface area contributed by atoms with E-state index in [1.165, 1.54) is 11.1 Å². The maximum atomic E-state index is 4.40. The van der Waals surface area contributed by atoms with E-state index in [4.69, 9.17) is 0 Å². The summed E-state index contributed by atoms with van der Waals surface area (Å²) in [6, 6.07) is 16.2. The summed E-state index contributed by atoms with van der Waals surface area (Å²) in [5.74, 6) is 0. The van der Waals surface area contributed by atoms with E-state index in [9.17, 15) is 0 Å². The molecule has 0 unspecified atom stereocenters. The molecule has 0 N–H and O–H groups in total. The summed E-state index contributed by atoms with van der Waals surface area (Å²) in [5.41, 5.74) is 5.07. The molecular formula is C17H16N4. The highest BCUT2D eigenvalue weighted by Gasteiger charge is 2.00. The number of hydrogen-bond donors (Lipinski definition) is 0. The Kier molecular flexibility index (Phi) is 3.60. The fourth-order valence-corrected chi connectivity index (χ4v) is 1.93. The molecule has 0 radical (unpaired) electrons. The fraction of sp³-hybridized carbons (Fsp3) is 0.118. The monoisotopic (exact) mass is 276 g/mol. The van der Waals surface area contributed by atoms with Crippen LogP contribution in [0.3, 0.4) is 0 Å². The van der Waals surface area contributed by atoms with Gasteiger partial charge >= 0.3 is 0 Å². The van der Waals surface area contributed by atoms with Gasteiger partial charge < -0.3 is 0 Å². The summed E-state index contributed by atoms with van der Waals surface area (Å²) in [4.78, 5) is 4.40. The molecule has 0 fully saturated rings. The number of aliphatic imine (C=N–C) groups is 1. The van der Waals surface area contributed by atoms with Crippen LogP contribution in [0.2, 0.25) is 0 Å². The Morgan fingerprint density at radius 1 is 0.905 bits per heavy atom. The van der Waals surface area contributed by atoms with Crippen molar-refractivity contribution in [3.8, 4) is 5.69 Å². The standard InChI is InChI=1S/C17H16N4/c1-13-3-7-15(8-4-13)18-11-16-12-21(20-19-16)17-9-5-14(2)6-10-17/h3-12H,1-2H3. The molecule has 0 amide bonds. The highest BCUT2D eigenvalue weighted by Crippen LogP contribution is 2.12. The van der Waals surface area contributed by atoms with Crippen molar-refractivity contribution >= 4 is 11.9 Å². The molecule has 1 heterocycles. The van der Waals surface area contributed by atoms with Gasteiger partial charge in [0.2, 0.25) is 0 Å². The van der Waals surface area contributed by atoms with E-state index in [0.717, 1.165) is 17.1 Å². The Labute approximate surface area is 123 Å². The third kappa shape index (κ3) is 3.23. The fourth-order valence-electron chi connectivity index (χ4n) is 1.93. The molecule has 0 spiro atoms. The van der Waals surface area contributed by atoms with Crippen LogP contribution in [0.5, 0.6) is 0 Å². The van der Waals surface area contributed by atoms with E-state index in [0.29, 0.717) is 0 Å². The molecule has 0 saturated carbocycles. The van der Waals surface area contributed by atoms with Gasteiger partial charge in [0.25, 0.3) is 0 Å². The maximum Gasteiger partial charge on any atom is 0.124 e. The van der Waals surface area contributed by atoms with Gasteiger partial charge in [-0.3, -0.25) is 4.99 Å². The number of benzene rings is 2. The average Bonchev–Trinajstić information content (AvgIpc) is 2.96. The lowest BCUT2D eigenvalue weighted by atomic mass is 10.2. The van der Waals surface area contributed by atoms with Crippen molar-refractivity contribution in [1.29, 1.82) is 0 Å². The quantitative estimate of drug-likeness (QED) is 0.685. The first-order valence-electron chi connectivity index (χ1n) is 6.81. The number of hydrogen-bond acceptors (Lipinski definition) is 3. The van der Waals surface area contributed by atoms with Gasteiger partial charge in [0.05, 0.1) is 23.8 Å². The Hall–Kier alpha value is -2.75. The molecule has 0 aliphatic heterocycles. The highest BCUT2D eigenvalue weighted by molar-refractivity contribution is 5.79. The number of aryl methyl sites for hydroxylation is 2. The minimum absolute atomic E-state index is 0.733. The first-order chi connectivity index (χ1) is 10.2. The maximum absolute atomic E-state index is 4.40. The molecule has 21 heavy (non-hydrogen) atoms. The van der Waals surface area contributed by atoms with Crippen molar-refractivity contribution in [1.82, 2.24) is 15.0 Å². The molecule has 0 atom stereocenters. The molecule has 0 saturated heterocycles. The van der Waals surface area contributed by atoms with Crippen LogP contribution in [0.15, 0.2) is 59.7 Å². The predicted molar refractivity (Wildman–Crippen MR) is 84.5 cm³/mol. The van der Waals surface area contributed by atoms with E-state index in [1.54, 1.807) is 10.9 Å². The summed E-state index contributed by atoms with van der Waals surface area (Å²) in [6.45, 7) is 4.12. The first-order valence-corrected chi connectivity index (χ1v) is 6.81. The summed E-state index contributed by atoms with van der Waals surface area (Å²) in [6.07, 6.45) is 3.59. The van der Waals surface area contributed by atoms with E-state index >= 15 is 0 Å². The third-order valence-electron chi connectivity index (χ3n) is 3.19. The second-order valence-corrected chi connectivity index (χ2v) is 5.02. The summed E-state index contributed by atoms with van der Waals surface area (Å²) in [7, 11) is 0. The Morgan fingerprint density at radius 3 is 2.19 bits per heavy atom. The van der Waals surface area contributed by atoms with Crippen LogP contribution in [0.1, 0.15) is 16.8 Å². The van der Waals surface area contributed by atoms with Crippen molar-refractivity contribution < 1.29 is 0 Å². The minimum atomic E-state index is 0.733. The molecule has 3 aromatic rings. The lowest BCUT2D eigenvalue weighted by Crippen LogP contribution is -1.94. The lowest BCUT2D eigenvalue weighted by molar-refractivity contribution is 0.802. The highest BCUT2D eigenvalue weighted by atomic mass is 15.4. The largest absolute Gasteiger partial charge is 0.255 e. The summed E-state index contributed by atoms with van der Waals surface area (Å²) < 4.78 is 1.75. The molecule has 1 aromatic heterocycles. The van der Waals surface area contributed by atoms with E-state index in [1.807, 2.05) is 42.6 Å². The van der Waals surface area contributed by atoms with Gasteiger partial charge in [-0.1, -0.05) is 40.6 Å². The van der Waals surface area contributed by atoms with Gasteiger partial charge in [0.15, 0.2) is 0 Å².